The average molecular weight is 293 g/mol. The molecule has 0 saturated carbocycles. The smallest absolute Gasteiger partial charge is 0.241 e. The van der Waals surface area contributed by atoms with Crippen molar-refractivity contribution in [1.29, 1.82) is 0 Å². The summed E-state index contributed by atoms with van der Waals surface area (Å²) >= 11 is 0. The lowest BCUT2D eigenvalue weighted by molar-refractivity contribution is -0.130. The summed E-state index contributed by atoms with van der Waals surface area (Å²) in [6.07, 6.45) is 2.51. The van der Waals surface area contributed by atoms with Gasteiger partial charge in [0.05, 0.1) is 17.1 Å². The van der Waals surface area contributed by atoms with Crippen LogP contribution in [0.4, 0.5) is 5.69 Å². The van der Waals surface area contributed by atoms with Crippen LogP contribution in [0.1, 0.15) is 30.7 Å². The first kappa shape index (κ1) is 15.3. The Labute approximate surface area is 124 Å². The van der Waals surface area contributed by atoms with E-state index in [0.29, 0.717) is 18.7 Å². The molecule has 0 unspecified atom stereocenters. The van der Waals surface area contributed by atoms with Gasteiger partial charge in [-0.1, -0.05) is 0 Å². The first-order valence-corrected chi connectivity index (χ1v) is 7.33. The van der Waals surface area contributed by atoms with E-state index in [0.717, 1.165) is 37.3 Å². The molecule has 0 aliphatic carbocycles. The van der Waals surface area contributed by atoms with Gasteiger partial charge in [0.15, 0.2) is 0 Å². The first-order chi connectivity index (χ1) is 9.99. The molecule has 7 nitrogen and oxygen atoms in total. The summed E-state index contributed by atoms with van der Waals surface area (Å²) in [6.45, 7) is 5.82. The number of rotatable bonds is 5. The second-order valence-electron chi connectivity index (χ2n) is 5.43. The molecule has 21 heavy (non-hydrogen) atoms. The fourth-order valence-corrected chi connectivity index (χ4v) is 2.49. The van der Waals surface area contributed by atoms with E-state index in [2.05, 4.69) is 10.4 Å². The molecule has 0 bridgehead atoms. The fraction of sp³-hybridized carbons (Fsp3) is 0.643. The number of anilines is 1. The largest absolute Gasteiger partial charge is 0.396 e. The number of carbonyl (C=O) groups is 2. The van der Waals surface area contributed by atoms with Crippen molar-refractivity contribution in [2.24, 2.45) is 0 Å². The van der Waals surface area contributed by atoms with E-state index < -0.39 is 0 Å². The molecule has 2 rings (SSSR count). The van der Waals surface area contributed by atoms with Crippen molar-refractivity contribution in [3.63, 3.8) is 0 Å². The van der Waals surface area contributed by atoms with Crippen molar-refractivity contribution in [1.82, 2.24) is 20.0 Å². The van der Waals surface area contributed by atoms with Gasteiger partial charge in [-0.25, -0.2) is 0 Å². The summed E-state index contributed by atoms with van der Waals surface area (Å²) in [4.78, 5) is 25.5. The van der Waals surface area contributed by atoms with Gasteiger partial charge in [0.25, 0.3) is 0 Å². The molecular weight excluding hydrogens is 270 g/mol. The molecule has 0 aromatic carbocycles. The maximum atomic E-state index is 11.9. The lowest BCUT2D eigenvalue weighted by Gasteiger charge is -2.15. The zero-order valence-corrected chi connectivity index (χ0v) is 12.7. The molecule has 0 radical (unpaired) electrons. The average Bonchev–Trinajstić information content (AvgIpc) is 3.05. The number of amides is 2. The van der Waals surface area contributed by atoms with Gasteiger partial charge in [-0.05, 0) is 26.7 Å². The normalized spacial score (nSPS) is 14.5. The lowest BCUT2D eigenvalue weighted by atomic mass is 10.3. The number of nitrogens with two attached hydrogens (primary N) is 1. The van der Waals surface area contributed by atoms with Crippen LogP contribution in [0, 0.1) is 13.8 Å². The maximum Gasteiger partial charge on any atom is 0.241 e. The Bertz CT molecular complexity index is 532. The summed E-state index contributed by atoms with van der Waals surface area (Å²) < 4.78 is 1.59. The molecule has 2 amide bonds. The van der Waals surface area contributed by atoms with Gasteiger partial charge in [0.2, 0.25) is 11.8 Å². The third-order valence-corrected chi connectivity index (χ3v) is 3.85. The van der Waals surface area contributed by atoms with Crippen molar-refractivity contribution in [3.05, 3.63) is 11.4 Å². The van der Waals surface area contributed by atoms with Crippen LogP contribution in [0.2, 0.25) is 0 Å². The summed E-state index contributed by atoms with van der Waals surface area (Å²) in [5.74, 6) is -0.0435. The SMILES string of the molecule is Cc1nn(CC(=O)NCCC(=O)N2CCCC2)c(C)c1N. The number of aromatic nitrogens is 2. The monoisotopic (exact) mass is 293 g/mol. The molecule has 7 heteroatoms. The highest BCUT2D eigenvalue weighted by molar-refractivity contribution is 5.79. The van der Waals surface area contributed by atoms with Crippen molar-refractivity contribution in [3.8, 4) is 0 Å². The molecule has 0 spiro atoms. The number of aryl methyl sites for hydroxylation is 1. The number of hydrogen-bond donors (Lipinski definition) is 2. The van der Waals surface area contributed by atoms with Crippen LogP contribution in [-0.2, 0) is 16.1 Å². The van der Waals surface area contributed by atoms with Gasteiger partial charge in [0.1, 0.15) is 6.54 Å². The highest BCUT2D eigenvalue weighted by Crippen LogP contribution is 2.14. The third-order valence-electron chi connectivity index (χ3n) is 3.85. The fourth-order valence-electron chi connectivity index (χ4n) is 2.49. The second kappa shape index (κ2) is 6.60. The minimum Gasteiger partial charge on any atom is -0.396 e. The predicted octanol–water partition coefficient (Wildman–Crippen LogP) is 0.211. The number of nitrogens with one attached hydrogen (secondary N) is 1. The Balaban J connectivity index is 1.74. The maximum absolute atomic E-state index is 11.9. The van der Waals surface area contributed by atoms with Crippen LogP contribution >= 0.6 is 0 Å². The van der Waals surface area contributed by atoms with Crippen LogP contribution < -0.4 is 11.1 Å². The molecule has 3 N–H and O–H groups in total. The van der Waals surface area contributed by atoms with Crippen molar-refractivity contribution >= 4 is 17.5 Å². The molecule has 1 aromatic rings. The Hall–Kier alpha value is -2.05. The van der Waals surface area contributed by atoms with E-state index in [4.69, 9.17) is 5.73 Å². The van der Waals surface area contributed by atoms with Crippen LogP contribution in [-0.4, -0.2) is 46.1 Å². The Morgan fingerprint density at radius 1 is 1.29 bits per heavy atom. The van der Waals surface area contributed by atoms with Crippen LogP contribution in [0.15, 0.2) is 0 Å². The van der Waals surface area contributed by atoms with Crippen LogP contribution in [0.5, 0.6) is 0 Å². The zero-order valence-electron chi connectivity index (χ0n) is 12.7. The van der Waals surface area contributed by atoms with Crippen molar-refractivity contribution in [2.75, 3.05) is 25.4 Å². The Morgan fingerprint density at radius 2 is 1.95 bits per heavy atom. The van der Waals surface area contributed by atoms with Crippen molar-refractivity contribution < 1.29 is 9.59 Å². The molecule has 1 aliphatic heterocycles. The zero-order chi connectivity index (χ0) is 15.4. The summed E-state index contributed by atoms with van der Waals surface area (Å²) in [5, 5.41) is 6.96. The van der Waals surface area contributed by atoms with E-state index >= 15 is 0 Å². The number of hydrogen-bond acceptors (Lipinski definition) is 4. The van der Waals surface area contributed by atoms with Crippen LogP contribution in [0.3, 0.4) is 0 Å². The summed E-state index contributed by atoms with van der Waals surface area (Å²) in [6, 6.07) is 0. The van der Waals surface area contributed by atoms with Gasteiger partial charge in [-0.2, -0.15) is 5.10 Å². The van der Waals surface area contributed by atoms with Crippen LogP contribution in [0.25, 0.3) is 0 Å². The Morgan fingerprint density at radius 3 is 2.52 bits per heavy atom. The molecule has 0 atom stereocenters. The quantitative estimate of drug-likeness (QED) is 0.811. The van der Waals surface area contributed by atoms with E-state index in [1.165, 1.54) is 0 Å². The first-order valence-electron chi connectivity index (χ1n) is 7.33. The predicted molar refractivity (Wildman–Crippen MR) is 79.6 cm³/mol. The Kier molecular flexibility index (Phi) is 4.82. The van der Waals surface area contributed by atoms with Crippen molar-refractivity contribution in [2.45, 2.75) is 39.7 Å². The third kappa shape index (κ3) is 3.74. The lowest BCUT2D eigenvalue weighted by Crippen LogP contribution is -2.34. The molecule has 1 fully saturated rings. The topological polar surface area (TPSA) is 93.2 Å². The molecule has 1 aromatic heterocycles. The molecule has 2 heterocycles. The van der Waals surface area contributed by atoms with E-state index in [1.807, 2.05) is 18.7 Å². The van der Waals surface area contributed by atoms with Gasteiger partial charge in [0, 0.05) is 26.1 Å². The number of carbonyl (C=O) groups excluding carboxylic acids is 2. The highest BCUT2D eigenvalue weighted by atomic mass is 16.2. The summed E-state index contributed by atoms with van der Waals surface area (Å²) in [7, 11) is 0. The molecular formula is C14H23N5O2. The standard InChI is InChI=1S/C14H23N5O2/c1-10-14(15)11(2)19(17-10)9-12(20)16-6-5-13(21)18-7-3-4-8-18/h3-9,15H2,1-2H3,(H,16,20). The van der Waals surface area contributed by atoms with Gasteiger partial charge >= 0.3 is 0 Å². The van der Waals surface area contributed by atoms with E-state index in [-0.39, 0.29) is 18.4 Å². The van der Waals surface area contributed by atoms with Gasteiger partial charge in [-0.3, -0.25) is 14.3 Å². The summed E-state index contributed by atoms with van der Waals surface area (Å²) in [5.41, 5.74) is 7.95. The highest BCUT2D eigenvalue weighted by Gasteiger charge is 2.17. The number of nitrogen functional groups attached to an aromatic ring is 1. The van der Waals surface area contributed by atoms with Gasteiger partial charge in [-0.15, -0.1) is 0 Å². The van der Waals surface area contributed by atoms with Gasteiger partial charge < -0.3 is 16.0 Å². The molecule has 1 aliphatic rings. The number of nitrogens with zero attached hydrogens (tertiary/aromatic N) is 3. The van der Waals surface area contributed by atoms with E-state index in [9.17, 15) is 9.59 Å². The minimum atomic E-state index is -0.158. The minimum absolute atomic E-state index is 0.114. The second-order valence-corrected chi connectivity index (χ2v) is 5.43. The molecule has 1 saturated heterocycles. The molecule has 116 valence electrons. The van der Waals surface area contributed by atoms with E-state index in [1.54, 1.807) is 4.68 Å². The number of likely N-dealkylation sites (tertiary alicyclic amines) is 1.